The second-order valence-electron chi connectivity index (χ2n) is 4.25. The molecule has 1 saturated heterocycles. The van der Waals surface area contributed by atoms with Crippen LogP contribution in [0.5, 0.6) is 0 Å². The topological polar surface area (TPSA) is 41.1 Å². The Hall–Kier alpha value is -0.680. The van der Waals surface area contributed by atoms with Crippen LogP contribution in [0.25, 0.3) is 0 Å². The smallest absolute Gasteiger partial charge is 0.202 e. The van der Waals surface area contributed by atoms with E-state index in [1.807, 2.05) is 0 Å². The fourth-order valence-electron chi connectivity index (χ4n) is 2.09. The third kappa shape index (κ3) is 2.92. The third-order valence-corrected chi connectivity index (χ3v) is 3.75. The lowest BCUT2D eigenvalue weighted by Gasteiger charge is -2.31. The first-order valence-corrected chi connectivity index (χ1v) is 6.90. The van der Waals surface area contributed by atoms with Crippen LogP contribution in [0.3, 0.4) is 0 Å². The lowest BCUT2D eigenvalue weighted by atomic mass is 10.1. The van der Waals surface area contributed by atoms with Crippen molar-refractivity contribution in [2.45, 2.75) is 39.2 Å². The molecule has 1 unspecified atom stereocenters. The van der Waals surface area contributed by atoms with E-state index in [4.69, 9.17) is 0 Å². The maximum absolute atomic E-state index is 4.45. The largest absolute Gasteiger partial charge is 0.356 e. The maximum atomic E-state index is 4.45. The monoisotopic (exact) mass is 240 g/mol. The number of aromatic nitrogens is 2. The van der Waals surface area contributed by atoms with Gasteiger partial charge in [0.1, 0.15) is 5.82 Å². The fraction of sp³-hybridized carbons (Fsp3) is 0.818. The summed E-state index contributed by atoms with van der Waals surface area (Å²) in [7, 11) is 0. The molecular formula is C11H20N4S. The second-order valence-corrected chi connectivity index (χ2v) is 5.00. The van der Waals surface area contributed by atoms with Crippen molar-refractivity contribution in [2.75, 3.05) is 25.0 Å². The average molecular weight is 240 g/mol. The molecule has 0 spiro atoms. The van der Waals surface area contributed by atoms with Crippen molar-refractivity contribution in [2.24, 2.45) is 0 Å². The highest BCUT2D eigenvalue weighted by Gasteiger charge is 2.19. The molecule has 0 aromatic carbocycles. The van der Waals surface area contributed by atoms with Gasteiger partial charge in [-0.1, -0.05) is 13.8 Å². The molecule has 0 amide bonds. The Bertz CT molecular complexity index is 326. The van der Waals surface area contributed by atoms with E-state index in [0.29, 0.717) is 6.04 Å². The van der Waals surface area contributed by atoms with Crippen LogP contribution in [0.2, 0.25) is 0 Å². The molecule has 0 bridgehead atoms. The third-order valence-electron chi connectivity index (χ3n) is 3.06. The van der Waals surface area contributed by atoms with E-state index in [9.17, 15) is 0 Å². The number of anilines is 1. The summed E-state index contributed by atoms with van der Waals surface area (Å²) in [6, 6.07) is 0.548. The Balaban J connectivity index is 1.88. The molecule has 2 heterocycles. The van der Waals surface area contributed by atoms with E-state index in [1.165, 1.54) is 30.9 Å². The SMILES string of the molecule is CCc1nsc(NC2CCCN(CC)C2)n1. The molecular weight excluding hydrogens is 220 g/mol. The summed E-state index contributed by atoms with van der Waals surface area (Å²) in [6.45, 7) is 7.84. The fourth-order valence-corrected chi connectivity index (χ4v) is 2.82. The summed E-state index contributed by atoms with van der Waals surface area (Å²) in [5, 5.41) is 4.49. The minimum absolute atomic E-state index is 0.548. The number of piperidine rings is 1. The highest BCUT2D eigenvalue weighted by Crippen LogP contribution is 2.17. The van der Waals surface area contributed by atoms with E-state index < -0.39 is 0 Å². The molecule has 1 atom stereocenters. The Morgan fingerprint density at radius 1 is 1.50 bits per heavy atom. The molecule has 0 saturated carbocycles. The minimum atomic E-state index is 0.548. The first-order chi connectivity index (χ1) is 7.81. The van der Waals surface area contributed by atoms with E-state index in [0.717, 1.165) is 30.5 Å². The van der Waals surface area contributed by atoms with Crippen molar-refractivity contribution in [3.8, 4) is 0 Å². The van der Waals surface area contributed by atoms with Crippen LogP contribution in [-0.2, 0) is 6.42 Å². The van der Waals surface area contributed by atoms with Crippen molar-refractivity contribution in [3.63, 3.8) is 0 Å². The lowest BCUT2D eigenvalue weighted by molar-refractivity contribution is 0.227. The summed E-state index contributed by atoms with van der Waals surface area (Å²) < 4.78 is 4.29. The van der Waals surface area contributed by atoms with Gasteiger partial charge in [-0.2, -0.15) is 4.37 Å². The van der Waals surface area contributed by atoms with Crippen LogP contribution >= 0.6 is 11.5 Å². The van der Waals surface area contributed by atoms with Crippen molar-refractivity contribution in [3.05, 3.63) is 5.82 Å². The standard InChI is InChI=1S/C11H20N4S/c1-3-10-13-11(16-14-10)12-9-6-5-7-15(4-2)8-9/h9H,3-8H2,1-2H3,(H,12,13,14). The quantitative estimate of drug-likeness (QED) is 0.874. The minimum Gasteiger partial charge on any atom is -0.356 e. The number of rotatable bonds is 4. The lowest BCUT2D eigenvalue weighted by Crippen LogP contribution is -2.41. The Kier molecular flexibility index (Phi) is 4.12. The predicted octanol–water partition coefficient (Wildman–Crippen LogP) is 2.00. The molecule has 1 fully saturated rings. The van der Waals surface area contributed by atoms with Gasteiger partial charge < -0.3 is 10.2 Å². The molecule has 1 aliphatic rings. The Labute approximate surface area is 101 Å². The number of likely N-dealkylation sites (N-methyl/N-ethyl adjacent to an activating group) is 1. The first-order valence-electron chi connectivity index (χ1n) is 6.13. The van der Waals surface area contributed by atoms with Crippen LogP contribution < -0.4 is 5.32 Å². The van der Waals surface area contributed by atoms with E-state index in [-0.39, 0.29) is 0 Å². The average Bonchev–Trinajstić information content (AvgIpc) is 2.77. The number of nitrogens with zero attached hydrogens (tertiary/aromatic N) is 3. The molecule has 0 radical (unpaired) electrons. The van der Waals surface area contributed by atoms with Crippen molar-refractivity contribution in [1.29, 1.82) is 0 Å². The van der Waals surface area contributed by atoms with Gasteiger partial charge in [0, 0.05) is 30.5 Å². The summed E-state index contributed by atoms with van der Waals surface area (Å²) in [4.78, 5) is 6.94. The molecule has 1 N–H and O–H groups in total. The van der Waals surface area contributed by atoms with Gasteiger partial charge in [-0.3, -0.25) is 0 Å². The van der Waals surface area contributed by atoms with Crippen LogP contribution in [0.1, 0.15) is 32.5 Å². The zero-order valence-electron chi connectivity index (χ0n) is 10.1. The molecule has 90 valence electrons. The summed E-state index contributed by atoms with van der Waals surface area (Å²) in [5.41, 5.74) is 0. The number of hydrogen-bond donors (Lipinski definition) is 1. The summed E-state index contributed by atoms with van der Waals surface area (Å²) in [5.74, 6) is 0.954. The summed E-state index contributed by atoms with van der Waals surface area (Å²) >= 11 is 1.49. The predicted molar refractivity (Wildman–Crippen MR) is 68.0 cm³/mol. The summed E-state index contributed by atoms with van der Waals surface area (Å²) in [6.07, 6.45) is 3.45. The van der Waals surface area contributed by atoms with Crippen molar-refractivity contribution >= 4 is 16.7 Å². The van der Waals surface area contributed by atoms with E-state index >= 15 is 0 Å². The van der Waals surface area contributed by atoms with Gasteiger partial charge in [-0.05, 0) is 25.9 Å². The zero-order valence-corrected chi connectivity index (χ0v) is 10.9. The van der Waals surface area contributed by atoms with Gasteiger partial charge in [-0.25, -0.2) is 4.98 Å². The van der Waals surface area contributed by atoms with Gasteiger partial charge in [0.15, 0.2) is 0 Å². The van der Waals surface area contributed by atoms with Crippen molar-refractivity contribution < 1.29 is 0 Å². The molecule has 0 aliphatic carbocycles. The van der Waals surface area contributed by atoms with Crippen LogP contribution in [0, 0.1) is 0 Å². The normalized spacial score (nSPS) is 22.2. The molecule has 16 heavy (non-hydrogen) atoms. The number of aryl methyl sites for hydroxylation is 1. The highest BCUT2D eigenvalue weighted by molar-refractivity contribution is 7.09. The maximum Gasteiger partial charge on any atom is 0.202 e. The van der Waals surface area contributed by atoms with Crippen LogP contribution in [0.15, 0.2) is 0 Å². The van der Waals surface area contributed by atoms with Crippen LogP contribution in [-0.4, -0.2) is 39.9 Å². The number of nitrogens with one attached hydrogen (secondary N) is 1. The van der Waals surface area contributed by atoms with Gasteiger partial charge in [-0.15, -0.1) is 0 Å². The van der Waals surface area contributed by atoms with E-state index in [1.54, 1.807) is 0 Å². The molecule has 2 rings (SSSR count). The molecule has 4 nitrogen and oxygen atoms in total. The number of hydrogen-bond acceptors (Lipinski definition) is 5. The van der Waals surface area contributed by atoms with Crippen molar-refractivity contribution in [1.82, 2.24) is 14.3 Å². The van der Waals surface area contributed by atoms with Gasteiger partial charge in [0.25, 0.3) is 0 Å². The Morgan fingerprint density at radius 2 is 2.38 bits per heavy atom. The first kappa shape index (κ1) is 11.8. The van der Waals surface area contributed by atoms with Gasteiger partial charge in [0.2, 0.25) is 5.13 Å². The van der Waals surface area contributed by atoms with Crippen LogP contribution in [0.4, 0.5) is 5.13 Å². The Morgan fingerprint density at radius 3 is 3.06 bits per heavy atom. The number of likely N-dealkylation sites (tertiary alicyclic amines) is 1. The zero-order chi connectivity index (χ0) is 11.4. The highest BCUT2D eigenvalue weighted by atomic mass is 32.1. The molecule has 1 aromatic heterocycles. The second kappa shape index (κ2) is 5.59. The molecule has 5 heteroatoms. The van der Waals surface area contributed by atoms with E-state index in [2.05, 4.69) is 33.4 Å². The molecule has 1 aromatic rings. The molecule has 1 aliphatic heterocycles. The van der Waals surface area contributed by atoms with Gasteiger partial charge in [0.05, 0.1) is 0 Å². The van der Waals surface area contributed by atoms with Gasteiger partial charge >= 0.3 is 0 Å².